The predicted octanol–water partition coefficient (Wildman–Crippen LogP) is 4.17. The second kappa shape index (κ2) is 12.1. The maximum atomic E-state index is 12.4. The average molecular weight is 489 g/mol. The molecule has 180 valence electrons. The third-order valence-electron chi connectivity index (χ3n) is 5.38. The minimum Gasteiger partial charge on any atom is -0.352 e. The van der Waals surface area contributed by atoms with E-state index in [0.29, 0.717) is 35.0 Å². The molecule has 2 N–H and O–H groups in total. The number of carbonyl (C=O) groups excluding carboxylic acids is 2. The van der Waals surface area contributed by atoms with Crippen molar-refractivity contribution in [1.82, 2.24) is 25.1 Å². The zero-order valence-electron chi connectivity index (χ0n) is 19.6. The van der Waals surface area contributed by atoms with Crippen molar-refractivity contribution < 1.29 is 9.59 Å². The van der Waals surface area contributed by atoms with E-state index in [4.69, 9.17) is 0 Å². The van der Waals surface area contributed by atoms with Gasteiger partial charge in [-0.15, -0.1) is 10.2 Å². The first-order chi connectivity index (χ1) is 17.1. The number of aromatic nitrogens is 4. The summed E-state index contributed by atoms with van der Waals surface area (Å²) in [5.41, 5.74) is 3.30. The molecule has 0 bridgehead atoms. The normalized spacial score (nSPS) is 10.9. The van der Waals surface area contributed by atoms with Crippen LogP contribution in [0.15, 0.2) is 71.8 Å². The lowest BCUT2D eigenvalue weighted by atomic mass is 10.1. The van der Waals surface area contributed by atoms with E-state index >= 15 is 0 Å². The third kappa shape index (κ3) is 6.89. The molecule has 0 aliphatic heterocycles. The minimum atomic E-state index is -0.134. The SMILES string of the molecule is CCCCc1ccc(NC(=O)CSc2ccc3nnc(CCNC(=O)c4ccccc4)n3n2)cc1. The molecule has 0 saturated carbocycles. The first-order valence-corrected chi connectivity index (χ1v) is 12.7. The van der Waals surface area contributed by atoms with Crippen molar-refractivity contribution in [1.29, 1.82) is 0 Å². The Labute approximate surface area is 208 Å². The second-order valence-corrected chi connectivity index (χ2v) is 9.06. The lowest BCUT2D eigenvalue weighted by Crippen LogP contribution is -2.26. The molecule has 0 spiro atoms. The number of benzene rings is 2. The Kier molecular flexibility index (Phi) is 8.45. The summed E-state index contributed by atoms with van der Waals surface area (Å²) < 4.78 is 1.66. The summed E-state index contributed by atoms with van der Waals surface area (Å²) in [4.78, 5) is 24.6. The molecule has 0 aliphatic carbocycles. The van der Waals surface area contributed by atoms with Gasteiger partial charge in [0.1, 0.15) is 5.03 Å². The largest absolute Gasteiger partial charge is 0.352 e. The van der Waals surface area contributed by atoms with Gasteiger partial charge in [0, 0.05) is 24.2 Å². The number of amides is 2. The van der Waals surface area contributed by atoms with Crippen LogP contribution in [0, 0.1) is 0 Å². The van der Waals surface area contributed by atoms with Crippen LogP contribution >= 0.6 is 11.8 Å². The molecular weight excluding hydrogens is 460 g/mol. The Morgan fingerprint density at radius 1 is 0.943 bits per heavy atom. The van der Waals surface area contributed by atoms with Gasteiger partial charge >= 0.3 is 0 Å². The van der Waals surface area contributed by atoms with Crippen molar-refractivity contribution in [2.24, 2.45) is 0 Å². The summed E-state index contributed by atoms with van der Waals surface area (Å²) in [6.45, 7) is 2.59. The van der Waals surface area contributed by atoms with Crippen LogP contribution in [0.3, 0.4) is 0 Å². The number of aryl methyl sites for hydroxylation is 1. The van der Waals surface area contributed by atoms with Crippen LogP contribution in [-0.2, 0) is 17.6 Å². The third-order valence-corrected chi connectivity index (χ3v) is 6.30. The number of hydrogen-bond acceptors (Lipinski definition) is 6. The molecule has 0 unspecified atom stereocenters. The smallest absolute Gasteiger partial charge is 0.251 e. The fraction of sp³-hybridized carbons (Fsp3) is 0.269. The van der Waals surface area contributed by atoms with Crippen molar-refractivity contribution in [2.45, 2.75) is 37.6 Å². The van der Waals surface area contributed by atoms with Gasteiger partial charge in [-0.05, 0) is 54.8 Å². The minimum absolute atomic E-state index is 0.0918. The number of unbranched alkanes of at least 4 members (excludes halogenated alkanes) is 1. The van der Waals surface area contributed by atoms with E-state index in [2.05, 4.69) is 45.0 Å². The molecule has 2 aromatic heterocycles. The molecule has 2 aromatic carbocycles. The van der Waals surface area contributed by atoms with Crippen molar-refractivity contribution in [3.63, 3.8) is 0 Å². The number of nitrogens with one attached hydrogen (secondary N) is 2. The zero-order valence-corrected chi connectivity index (χ0v) is 20.4. The Balaban J connectivity index is 1.29. The van der Waals surface area contributed by atoms with E-state index < -0.39 is 0 Å². The predicted molar refractivity (Wildman–Crippen MR) is 138 cm³/mol. The van der Waals surface area contributed by atoms with Gasteiger partial charge in [0.25, 0.3) is 5.91 Å². The highest BCUT2D eigenvalue weighted by Gasteiger charge is 2.11. The molecule has 4 aromatic rings. The zero-order chi connectivity index (χ0) is 24.5. The summed E-state index contributed by atoms with van der Waals surface area (Å²) in [7, 11) is 0. The summed E-state index contributed by atoms with van der Waals surface area (Å²) >= 11 is 1.35. The molecule has 9 heteroatoms. The highest BCUT2D eigenvalue weighted by Crippen LogP contribution is 2.17. The standard InChI is InChI=1S/C26H28N6O2S/c1-2-3-7-19-10-12-21(13-11-19)28-24(33)18-35-25-15-14-22-29-30-23(32(22)31-25)16-17-27-26(34)20-8-5-4-6-9-20/h4-6,8-15H,2-3,7,16-18H2,1H3,(H,27,34)(H,28,33). The summed E-state index contributed by atoms with van der Waals surface area (Å²) in [6, 6.07) is 20.7. The Hall–Kier alpha value is -3.72. The van der Waals surface area contributed by atoms with Crippen molar-refractivity contribution in [2.75, 3.05) is 17.6 Å². The fourth-order valence-electron chi connectivity index (χ4n) is 3.50. The topological polar surface area (TPSA) is 101 Å². The molecule has 0 aliphatic rings. The van der Waals surface area contributed by atoms with Gasteiger partial charge in [0.15, 0.2) is 11.5 Å². The van der Waals surface area contributed by atoms with E-state index in [9.17, 15) is 9.59 Å². The van der Waals surface area contributed by atoms with Crippen LogP contribution in [0.2, 0.25) is 0 Å². The maximum Gasteiger partial charge on any atom is 0.251 e. The van der Waals surface area contributed by atoms with E-state index in [1.807, 2.05) is 42.5 Å². The molecule has 8 nitrogen and oxygen atoms in total. The van der Waals surface area contributed by atoms with Crippen LogP contribution in [0.25, 0.3) is 5.65 Å². The highest BCUT2D eigenvalue weighted by molar-refractivity contribution is 7.99. The molecule has 35 heavy (non-hydrogen) atoms. The molecule has 0 atom stereocenters. The van der Waals surface area contributed by atoms with Gasteiger partial charge in [-0.3, -0.25) is 9.59 Å². The number of rotatable bonds is 11. The van der Waals surface area contributed by atoms with Crippen LogP contribution in [0.1, 0.15) is 41.5 Å². The van der Waals surface area contributed by atoms with Crippen molar-refractivity contribution >= 4 is 34.9 Å². The Morgan fingerprint density at radius 2 is 1.74 bits per heavy atom. The molecule has 0 fully saturated rings. The summed E-state index contributed by atoms with van der Waals surface area (Å²) in [6.07, 6.45) is 3.86. The Morgan fingerprint density at radius 3 is 2.51 bits per heavy atom. The molecule has 4 rings (SSSR count). The van der Waals surface area contributed by atoms with E-state index in [-0.39, 0.29) is 17.6 Å². The van der Waals surface area contributed by atoms with Crippen LogP contribution < -0.4 is 10.6 Å². The maximum absolute atomic E-state index is 12.4. The number of nitrogens with zero attached hydrogens (tertiary/aromatic N) is 4. The van der Waals surface area contributed by atoms with Gasteiger partial charge in [-0.25, -0.2) is 0 Å². The van der Waals surface area contributed by atoms with Crippen LogP contribution in [0.5, 0.6) is 0 Å². The van der Waals surface area contributed by atoms with Gasteiger partial charge in [0.05, 0.1) is 5.75 Å². The number of thioether (sulfide) groups is 1. The highest BCUT2D eigenvalue weighted by atomic mass is 32.2. The number of hydrogen-bond donors (Lipinski definition) is 2. The molecule has 0 radical (unpaired) electrons. The van der Waals surface area contributed by atoms with E-state index in [1.54, 1.807) is 16.6 Å². The second-order valence-electron chi connectivity index (χ2n) is 8.07. The van der Waals surface area contributed by atoms with Gasteiger partial charge in [-0.2, -0.15) is 9.61 Å². The van der Waals surface area contributed by atoms with Gasteiger partial charge in [0.2, 0.25) is 5.91 Å². The first-order valence-electron chi connectivity index (χ1n) is 11.7. The molecular formula is C26H28N6O2S. The fourth-order valence-corrected chi connectivity index (χ4v) is 4.16. The van der Waals surface area contributed by atoms with Crippen molar-refractivity contribution in [3.8, 4) is 0 Å². The van der Waals surface area contributed by atoms with Crippen LogP contribution in [-0.4, -0.2) is 43.9 Å². The number of carbonyl (C=O) groups is 2. The Bertz CT molecular complexity index is 1270. The monoisotopic (exact) mass is 488 g/mol. The molecule has 2 amide bonds. The summed E-state index contributed by atoms with van der Waals surface area (Å²) in [5, 5.41) is 19.4. The average Bonchev–Trinajstić information content (AvgIpc) is 3.29. The van der Waals surface area contributed by atoms with Gasteiger partial charge < -0.3 is 10.6 Å². The number of fused-ring (bicyclic) bond motifs is 1. The lowest BCUT2D eigenvalue weighted by molar-refractivity contribution is -0.113. The van der Waals surface area contributed by atoms with Crippen molar-refractivity contribution in [3.05, 3.63) is 83.7 Å². The molecule has 2 heterocycles. The number of anilines is 1. The molecule has 0 saturated heterocycles. The lowest BCUT2D eigenvalue weighted by Gasteiger charge is -2.07. The van der Waals surface area contributed by atoms with Crippen LogP contribution in [0.4, 0.5) is 5.69 Å². The van der Waals surface area contributed by atoms with E-state index in [0.717, 1.165) is 24.9 Å². The van der Waals surface area contributed by atoms with E-state index in [1.165, 1.54) is 17.3 Å². The van der Waals surface area contributed by atoms with Gasteiger partial charge in [-0.1, -0.05) is 55.4 Å². The quantitative estimate of drug-likeness (QED) is 0.307. The first kappa shape index (κ1) is 24.4. The summed E-state index contributed by atoms with van der Waals surface area (Å²) in [5.74, 6) is 0.653.